The lowest BCUT2D eigenvalue weighted by Crippen LogP contribution is -2.56. The summed E-state index contributed by atoms with van der Waals surface area (Å²) in [4.78, 5) is 2.28. The van der Waals surface area contributed by atoms with E-state index in [-0.39, 0.29) is 5.54 Å². The van der Waals surface area contributed by atoms with Crippen molar-refractivity contribution in [3.8, 4) is 5.75 Å². The number of benzene rings is 1. The minimum atomic E-state index is -0.231. The molecule has 1 saturated heterocycles. The molecule has 1 unspecified atom stereocenters. The zero-order valence-corrected chi connectivity index (χ0v) is 11.2. The van der Waals surface area contributed by atoms with Crippen molar-refractivity contribution < 1.29 is 9.47 Å². The van der Waals surface area contributed by atoms with Crippen LogP contribution in [0.15, 0.2) is 24.3 Å². The van der Waals surface area contributed by atoms with Gasteiger partial charge in [-0.05, 0) is 31.7 Å². The topological polar surface area (TPSA) is 47.7 Å². The zero-order valence-electron chi connectivity index (χ0n) is 11.2. The lowest BCUT2D eigenvalue weighted by molar-refractivity contribution is -0.0550. The first-order chi connectivity index (χ1) is 8.73. The van der Waals surface area contributed by atoms with Crippen molar-refractivity contribution in [2.75, 3.05) is 40.0 Å². The molecule has 1 aromatic rings. The maximum atomic E-state index is 6.02. The molecule has 4 heteroatoms. The van der Waals surface area contributed by atoms with Gasteiger partial charge in [0.1, 0.15) is 5.75 Å². The second-order valence-corrected chi connectivity index (χ2v) is 4.67. The predicted molar refractivity (Wildman–Crippen MR) is 71.8 cm³/mol. The van der Waals surface area contributed by atoms with Crippen LogP contribution in [0, 0.1) is 0 Å². The fourth-order valence-electron chi connectivity index (χ4n) is 2.45. The Labute approximate surface area is 109 Å². The van der Waals surface area contributed by atoms with Crippen molar-refractivity contribution in [2.24, 2.45) is 5.73 Å². The summed E-state index contributed by atoms with van der Waals surface area (Å²) in [5.74, 6) is 0.891. The molecule has 1 aliphatic heterocycles. The van der Waals surface area contributed by atoms with E-state index in [4.69, 9.17) is 15.2 Å². The summed E-state index contributed by atoms with van der Waals surface area (Å²) >= 11 is 0. The molecule has 4 nitrogen and oxygen atoms in total. The molecule has 100 valence electrons. The van der Waals surface area contributed by atoms with Gasteiger partial charge in [0, 0.05) is 13.1 Å². The highest BCUT2D eigenvalue weighted by Gasteiger charge is 2.38. The molecule has 0 spiro atoms. The smallest absolute Gasteiger partial charge is 0.119 e. The van der Waals surface area contributed by atoms with E-state index in [9.17, 15) is 0 Å². The molecule has 0 bridgehead atoms. The SMILES string of the molecule is CCOc1cccc(C2(CN)COCCN2C)c1. The van der Waals surface area contributed by atoms with Crippen molar-refractivity contribution in [1.82, 2.24) is 4.90 Å². The highest BCUT2D eigenvalue weighted by atomic mass is 16.5. The molecule has 1 aliphatic rings. The third kappa shape index (κ3) is 2.36. The molecule has 1 fully saturated rings. The van der Waals surface area contributed by atoms with E-state index in [1.807, 2.05) is 19.1 Å². The highest BCUT2D eigenvalue weighted by Crippen LogP contribution is 2.31. The molecule has 0 radical (unpaired) electrons. The van der Waals surface area contributed by atoms with Gasteiger partial charge in [0.25, 0.3) is 0 Å². The van der Waals surface area contributed by atoms with Crippen LogP contribution in [0.2, 0.25) is 0 Å². The molecule has 1 atom stereocenters. The Balaban J connectivity index is 2.33. The maximum Gasteiger partial charge on any atom is 0.119 e. The summed E-state index contributed by atoms with van der Waals surface area (Å²) in [6.07, 6.45) is 0. The normalized spacial score (nSPS) is 25.1. The molecular weight excluding hydrogens is 228 g/mol. The fourth-order valence-corrected chi connectivity index (χ4v) is 2.45. The Bertz CT molecular complexity index is 397. The first-order valence-electron chi connectivity index (χ1n) is 6.45. The number of rotatable bonds is 4. The van der Waals surface area contributed by atoms with Crippen LogP contribution in [0.4, 0.5) is 0 Å². The van der Waals surface area contributed by atoms with Crippen molar-refractivity contribution in [3.63, 3.8) is 0 Å². The van der Waals surface area contributed by atoms with Gasteiger partial charge in [-0.2, -0.15) is 0 Å². The van der Waals surface area contributed by atoms with Gasteiger partial charge in [-0.3, -0.25) is 4.90 Å². The molecule has 0 aromatic heterocycles. The van der Waals surface area contributed by atoms with Gasteiger partial charge in [-0.25, -0.2) is 0 Å². The summed E-state index contributed by atoms with van der Waals surface area (Å²) in [6, 6.07) is 8.16. The van der Waals surface area contributed by atoms with Gasteiger partial charge >= 0.3 is 0 Å². The molecule has 0 amide bonds. The van der Waals surface area contributed by atoms with Gasteiger partial charge in [0.05, 0.1) is 25.4 Å². The van der Waals surface area contributed by atoms with E-state index in [1.165, 1.54) is 0 Å². The Morgan fingerprint density at radius 2 is 2.33 bits per heavy atom. The number of hydrogen-bond acceptors (Lipinski definition) is 4. The lowest BCUT2D eigenvalue weighted by Gasteiger charge is -2.44. The average Bonchev–Trinajstić information content (AvgIpc) is 2.40. The van der Waals surface area contributed by atoms with E-state index < -0.39 is 0 Å². The lowest BCUT2D eigenvalue weighted by atomic mass is 9.88. The first-order valence-corrected chi connectivity index (χ1v) is 6.45. The van der Waals surface area contributed by atoms with E-state index >= 15 is 0 Å². The molecule has 0 aliphatic carbocycles. The number of hydrogen-bond donors (Lipinski definition) is 1. The second-order valence-electron chi connectivity index (χ2n) is 4.67. The number of likely N-dealkylation sites (N-methyl/N-ethyl adjacent to an activating group) is 1. The van der Waals surface area contributed by atoms with E-state index in [0.717, 1.165) is 24.5 Å². The van der Waals surface area contributed by atoms with Crippen LogP contribution in [0.25, 0.3) is 0 Å². The number of nitrogens with two attached hydrogens (primary N) is 1. The van der Waals surface area contributed by atoms with Crippen LogP contribution in [0.3, 0.4) is 0 Å². The zero-order chi connectivity index (χ0) is 13.0. The van der Waals surface area contributed by atoms with Crippen molar-refractivity contribution in [3.05, 3.63) is 29.8 Å². The third-order valence-corrected chi connectivity index (χ3v) is 3.66. The van der Waals surface area contributed by atoms with Crippen LogP contribution in [0.1, 0.15) is 12.5 Å². The standard InChI is InChI=1S/C14H22N2O2/c1-3-18-13-6-4-5-12(9-13)14(10-15)11-17-8-7-16(14)2/h4-6,9H,3,7-8,10-11,15H2,1-2H3. The van der Waals surface area contributed by atoms with Gasteiger partial charge in [0.2, 0.25) is 0 Å². The number of ether oxygens (including phenoxy) is 2. The summed E-state index contributed by atoms with van der Waals surface area (Å²) in [6.45, 7) is 5.50. The van der Waals surface area contributed by atoms with Crippen molar-refractivity contribution in [2.45, 2.75) is 12.5 Å². The summed E-state index contributed by atoms with van der Waals surface area (Å²) in [5.41, 5.74) is 6.96. The first kappa shape index (κ1) is 13.3. The van der Waals surface area contributed by atoms with E-state index in [2.05, 4.69) is 24.1 Å². The monoisotopic (exact) mass is 250 g/mol. The molecule has 0 saturated carbocycles. The second kappa shape index (κ2) is 5.69. The third-order valence-electron chi connectivity index (χ3n) is 3.66. The van der Waals surface area contributed by atoms with Crippen molar-refractivity contribution >= 4 is 0 Å². The minimum Gasteiger partial charge on any atom is -0.494 e. The molecule has 18 heavy (non-hydrogen) atoms. The van der Waals surface area contributed by atoms with Crippen LogP contribution >= 0.6 is 0 Å². The van der Waals surface area contributed by atoms with Gasteiger partial charge in [-0.15, -0.1) is 0 Å². The average molecular weight is 250 g/mol. The summed E-state index contributed by atoms with van der Waals surface area (Å²) < 4.78 is 11.2. The van der Waals surface area contributed by atoms with E-state index in [0.29, 0.717) is 19.8 Å². The van der Waals surface area contributed by atoms with Crippen molar-refractivity contribution in [1.29, 1.82) is 0 Å². The Hall–Kier alpha value is -1.10. The van der Waals surface area contributed by atoms with Gasteiger partial charge < -0.3 is 15.2 Å². The van der Waals surface area contributed by atoms with Gasteiger partial charge in [-0.1, -0.05) is 12.1 Å². The molecule has 2 N–H and O–H groups in total. The van der Waals surface area contributed by atoms with Crippen LogP contribution in [-0.4, -0.2) is 44.9 Å². The largest absolute Gasteiger partial charge is 0.494 e. The quantitative estimate of drug-likeness (QED) is 0.872. The van der Waals surface area contributed by atoms with Crippen LogP contribution < -0.4 is 10.5 Å². The van der Waals surface area contributed by atoms with Gasteiger partial charge in [0.15, 0.2) is 0 Å². The number of nitrogens with zero attached hydrogens (tertiary/aromatic N) is 1. The fraction of sp³-hybridized carbons (Fsp3) is 0.571. The molecule has 1 aromatic carbocycles. The molecular formula is C14H22N2O2. The highest BCUT2D eigenvalue weighted by molar-refractivity contribution is 5.34. The minimum absolute atomic E-state index is 0.231. The Morgan fingerprint density at radius 3 is 3.00 bits per heavy atom. The summed E-state index contributed by atoms with van der Waals surface area (Å²) in [5, 5.41) is 0. The Kier molecular flexibility index (Phi) is 4.22. The van der Waals surface area contributed by atoms with E-state index in [1.54, 1.807) is 0 Å². The maximum absolute atomic E-state index is 6.02. The molecule has 2 rings (SSSR count). The Morgan fingerprint density at radius 1 is 1.50 bits per heavy atom. The van der Waals surface area contributed by atoms with Crippen LogP contribution in [-0.2, 0) is 10.3 Å². The summed E-state index contributed by atoms with van der Waals surface area (Å²) in [7, 11) is 2.10. The number of morpholine rings is 1. The molecule has 1 heterocycles. The van der Waals surface area contributed by atoms with Crippen LogP contribution in [0.5, 0.6) is 5.75 Å². The predicted octanol–water partition coefficient (Wildman–Crippen LogP) is 1.20.